The number of nitrogens with zero attached hydrogens (tertiary/aromatic N) is 2. The Hall–Kier alpha value is -0.350. The second kappa shape index (κ2) is 7.44. The van der Waals surface area contributed by atoms with Crippen LogP contribution in [0, 0.1) is 0 Å². The molecule has 0 saturated heterocycles. The van der Waals surface area contributed by atoms with E-state index >= 15 is 0 Å². The van der Waals surface area contributed by atoms with Crippen molar-refractivity contribution in [2.75, 3.05) is 6.54 Å². The lowest BCUT2D eigenvalue weighted by Crippen LogP contribution is -2.30. The maximum absolute atomic E-state index is 4.53. The van der Waals surface area contributed by atoms with Crippen molar-refractivity contribution in [1.29, 1.82) is 0 Å². The number of aryl methyl sites for hydroxylation is 1. The molecule has 1 aromatic heterocycles. The summed E-state index contributed by atoms with van der Waals surface area (Å²) in [6.45, 7) is 6.53. The van der Waals surface area contributed by atoms with Gasteiger partial charge < -0.3 is 5.32 Å². The van der Waals surface area contributed by atoms with E-state index < -0.39 is 0 Å². The van der Waals surface area contributed by atoms with Crippen molar-refractivity contribution < 1.29 is 0 Å². The maximum Gasteiger partial charge on any atom is 0.0635 e. The molecule has 4 heteroatoms. The summed E-state index contributed by atoms with van der Waals surface area (Å²) < 4.78 is 3.41. The maximum atomic E-state index is 4.53. The topological polar surface area (TPSA) is 29.9 Å². The summed E-state index contributed by atoms with van der Waals surface area (Å²) in [5, 5.41) is 8.17. The fraction of sp³-hybridized carbons (Fsp3) is 0.800. The Morgan fingerprint density at radius 1 is 1.37 bits per heavy atom. The Kier molecular flexibility index (Phi) is 5.89. The van der Waals surface area contributed by atoms with Crippen molar-refractivity contribution in [3.05, 3.63) is 16.4 Å². The molecule has 1 aromatic rings. The Balaban J connectivity index is 2.16. The predicted octanol–water partition coefficient (Wildman–Crippen LogP) is 4.08. The third kappa shape index (κ3) is 3.82. The standard InChI is InChI=1S/C15H26BrN3/c1-3-9-19-15(14(16)11-18-19)12-7-5-6-8-13(10-12)17-4-2/h11-13,17H,3-10H2,1-2H3. The second-order valence-corrected chi connectivity index (χ2v) is 6.43. The monoisotopic (exact) mass is 327 g/mol. The molecule has 0 aromatic carbocycles. The third-order valence-electron chi connectivity index (χ3n) is 4.07. The van der Waals surface area contributed by atoms with Crippen LogP contribution in [0.25, 0.3) is 0 Å². The minimum Gasteiger partial charge on any atom is -0.314 e. The molecule has 0 aliphatic heterocycles. The van der Waals surface area contributed by atoms with E-state index in [1.165, 1.54) is 42.3 Å². The van der Waals surface area contributed by atoms with Gasteiger partial charge in [0.25, 0.3) is 0 Å². The number of aromatic nitrogens is 2. The lowest BCUT2D eigenvalue weighted by atomic mass is 9.94. The highest BCUT2D eigenvalue weighted by atomic mass is 79.9. The van der Waals surface area contributed by atoms with Gasteiger partial charge in [0.15, 0.2) is 0 Å². The van der Waals surface area contributed by atoms with Gasteiger partial charge in [0.2, 0.25) is 0 Å². The smallest absolute Gasteiger partial charge is 0.0635 e. The molecule has 1 saturated carbocycles. The second-order valence-electron chi connectivity index (χ2n) is 5.57. The van der Waals surface area contributed by atoms with Gasteiger partial charge in [-0.3, -0.25) is 4.68 Å². The largest absolute Gasteiger partial charge is 0.314 e. The molecule has 1 N–H and O–H groups in total. The predicted molar refractivity (Wildman–Crippen MR) is 83.5 cm³/mol. The third-order valence-corrected chi connectivity index (χ3v) is 4.68. The van der Waals surface area contributed by atoms with Crippen molar-refractivity contribution in [2.24, 2.45) is 0 Å². The van der Waals surface area contributed by atoms with Crippen molar-refractivity contribution in [3.63, 3.8) is 0 Å². The van der Waals surface area contributed by atoms with Crippen molar-refractivity contribution in [1.82, 2.24) is 15.1 Å². The lowest BCUT2D eigenvalue weighted by molar-refractivity contribution is 0.429. The highest BCUT2D eigenvalue weighted by molar-refractivity contribution is 9.10. The van der Waals surface area contributed by atoms with Gasteiger partial charge in [0, 0.05) is 18.5 Å². The van der Waals surface area contributed by atoms with Gasteiger partial charge in [-0.05, 0) is 48.2 Å². The first-order valence-corrected chi connectivity index (χ1v) is 8.50. The van der Waals surface area contributed by atoms with Crippen LogP contribution in [0.1, 0.15) is 64.0 Å². The average Bonchev–Trinajstić information content (AvgIpc) is 2.62. The molecule has 2 atom stereocenters. The van der Waals surface area contributed by atoms with Crippen LogP contribution < -0.4 is 5.32 Å². The molecule has 2 rings (SSSR count). The van der Waals surface area contributed by atoms with Gasteiger partial charge in [-0.15, -0.1) is 0 Å². The molecule has 0 bridgehead atoms. The number of hydrogen-bond donors (Lipinski definition) is 1. The van der Waals surface area contributed by atoms with E-state index in [0.717, 1.165) is 19.5 Å². The molecule has 3 nitrogen and oxygen atoms in total. The van der Waals surface area contributed by atoms with Crippen LogP contribution in [0.3, 0.4) is 0 Å². The number of rotatable bonds is 5. The molecule has 19 heavy (non-hydrogen) atoms. The van der Waals surface area contributed by atoms with Crippen LogP contribution in [0.4, 0.5) is 0 Å². The van der Waals surface area contributed by atoms with E-state index in [1.807, 2.05) is 6.20 Å². The number of nitrogens with one attached hydrogen (secondary N) is 1. The fourth-order valence-electron chi connectivity index (χ4n) is 3.25. The molecule has 0 spiro atoms. The van der Waals surface area contributed by atoms with Crippen LogP contribution in [0.2, 0.25) is 0 Å². The minimum atomic E-state index is 0.648. The summed E-state index contributed by atoms with van der Waals surface area (Å²) in [4.78, 5) is 0. The summed E-state index contributed by atoms with van der Waals surface area (Å²) in [5.74, 6) is 0.648. The van der Waals surface area contributed by atoms with E-state index in [9.17, 15) is 0 Å². The zero-order valence-corrected chi connectivity index (χ0v) is 13.7. The SMILES string of the molecule is CCCn1ncc(Br)c1C1CCCCC(NCC)C1. The molecule has 0 amide bonds. The van der Waals surface area contributed by atoms with Crippen LogP contribution in [-0.2, 0) is 6.54 Å². The van der Waals surface area contributed by atoms with Crippen LogP contribution in [-0.4, -0.2) is 22.4 Å². The van der Waals surface area contributed by atoms with Crippen LogP contribution >= 0.6 is 15.9 Å². The van der Waals surface area contributed by atoms with E-state index in [0.29, 0.717) is 12.0 Å². The Bertz CT molecular complexity index is 389. The Morgan fingerprint density at radius 3 is 2.89 bits per heavy atom. The van der Waals surface area contributed by atoms with Gasteiger partial charge in [0.05, 0.1) is 16.4 Å². The fourth-order valence-corrected chi connectivity index (χ4v) is 3.87. The highest BCUT2D eigenvalue weighted by Crippen LogP contribution is 2.35. The zero-order chi connectivity index (χ0) is 13.7. The summed E-state index contributed by atoms with van der Waals surface area (Å²) in [7, 11) is 0. The van der Waals surface area contributed by atoms with Gasteiger partial charge >= 0.3 is 0 Å². The van der Waals surface area contributed by atoms with Crippen molar-refractivity contribution in [2.45, 2.75) is 70.9 Å². The zero-order valence-electron chi connectivity index (χ0n) is 12.2. The Morgan fingerprint density at radius 2 is 2.16 bits per heavy atom. The molecule has 1 heterocycles. The summed E-state index contributed by atoms with van der Waals surface area (Å²) in [6, 6.07) is 0.675. The number of halogens is 1. The van der Waals surface area contributed by atoms with E-state index in [2.05, 4.69) is 44.9 Å². The molecule has 1 aliphatic rings. The molecule has 108 valence electrons. The van der Waals surface area contributed by atoms with Crippen LogP contribution in [0.15, 0.2) is 10.7 Å². The minimum absolute atomic E-state index is 0.648. The summed E-state index contributed by atoms with van der Waals surface area (Å²) >= 11 is 3.70. The molecule has 0 radical (unpaired) electrons. The normalized spacial score (nSPS) is 24.4. The first-order valence-electron chi connectivity index (χ1n) is 7.70. The molecule has 2 unspecified atom stereocenters. The first kappa shape index (κ1) is 15.0. The van der Waals surface area contributed by atoms with Gasteiger partial charge in [-0.2, -0.15) is 5.10 Å². The number of hydrogen-bond acceptors (Lipinski definition) is 2. The van der Waals surface area contributed by atoms with Crippen LogP contribution in [0.5, 0.6) is 0 Å². The van der Waals surface area contributed by atoms with E-state index in [1.54, 1.807) is 0 Å². The van der Waals surface area contributed by atoms with E-state index in [4.69, 9.17) is 0 Å². The average molecular weight is 328 g/mol. The van der Waals surface area contributed by atoms with Crippen molar-refractivity contribution >= 4 is 15.9 Å². The quantitative estimate of drug-likeness (QED) is 0.826. The first-order chi connectivity index (χ1) is 9.26. The molecular weight excluding hydrogens is 302 g/mol. The summed E-state index contributed by atoms with van der Waals surface area (Å²) in [5.41, 5.74) is 1.42. The van der Waals surface area contributed by atoms with E-state index in [-0.39, 0.29) is 0 Å². The molecule has 1 fully saturated rings. The van der Waals surface area contributed by atoms with Gasteiger partial charge in [0.1, 0.15) is 0 Å². The molecular formula is C15H26BrN3. The van der Waals surface area contributed by atoms with Gasteiger partial charge in [-0.1, -0.05) is 26.7 Å². The van der Waals surface area contributed by atoms with Gasteiger partial charge in [-0.25, -0.2) is 0 Å². The molecule has 1 aliphatic carbocycles. The highest BCUT2D eigenvalue weighted by Gasteiger charge is 2.25. The van der Waals surface area contributed by atoms with Crippen molar-refractivity contribution in [3.8, 4) is 0 Å². The Labute approximate surface area is 125 Å². The lowest BCUT2D eigenvalue weighted by Gasteiger charge is -2.22. The summed E-state index contributed by atoms with van der Waals surface area (Å²) in [6.07, 6.45) is 9.69.